The number of rotatable bonds is 7. The van der Waals surface area contributed by atoms with Gasteiger partial charge in [0.25, 0.3) is 5.91 Å². The van der Waals surface area contributed by atoms with Crippen molar-refractivity contribution >= 4 is 29.5 Å². The Labute approximate surface area is 267 Å². The van der Waals surface area contributed by atoms with Crippen molar-refractivity contribution in [2.24, 2.45) is 11.8 Å². The van der Waals surface area contributed by atoms with Crippen molar-refractivity contribution in [2.45, 2.75) is 97.3 Å². The lowest BCUT2D eigenvalue weighted by molar-refractivity contribution is -0.134. The monoisotopic (exact) mass is 628 g/mol. The second-order valence-corrected chi connectivity index (χ2v) is 12.9. The second kappa shape index (κ2) is 17.7. The molecular formula is C33H52N6O6. The molecular weight excluding hydrogens is 576 g/mol. The third-order valence-electron chi connectivity index (χ3n) is 8.18. The molecule has 0 saturated carbocycles. The summed E-state index contributed by atoms with van der Waals surface area (Å²) in [5.74, 6) is -2.81. The van der Waals surface area contributed by atoms with Crippen molar-refractivity contribution in [3.05, 3.63) is 29.8 Å². The Kier molecular flexibility index (Phi) is 14.1. The van der Waals surface area contributed by atoms with Gasteiger partial charge in [-0.2, -0.15) is 0 Å². The van der Waals surface area contributed by atoms with Crippen molar-refractivity contribution in [2.75, 3.05) is 32.8 Å². The third kappa shape index (κ3) is 11.3. The van der Waals surface area contributed by atoms with Gasteiger partial charge in [0, 0.05) is 6.54 Å². The van der Waals surface area contributed by atoms with Crippen LogP contribution in [-0.4, -0.2) is 91.4 Å². The molecule has 1 aromatic rings. The number of amides is 5. The van der Waals surface area contributed by atoms with Crippen molar-refractivity contribution < 1.29 is 28.7 Å². The zero-order valence-electron chi connectivity index (χ0n) is 27.4. The Bertz CT molecular complexity index is 1170. The van der Waals surface area contributed by atoms with Crippen molar-refractivity contribution in [1.82, 2.24) is 31.5 Å². The minimum Gasteiger partial charge on any atom is -0.491 e. The molecule has 1 fully saturated rings. The summed E-state index contributed by atoms with van der Waals surface area (Å²) in [4.78, 5) is 69.1. The fraction of sp³-hybridized carbons (Fsp3) is 0.667. The highest BCUT2D eigenvalue weighted by Crippen LogP contribution is 2.19. The lowest BCUT2D eigenvalue weighted by Crippen LogP contribution is -2.58. The van der Waals surface area contributed by atoms with E-state index < -0.39 is 47.8 Å². The van der Waals surface area contributed by atoms with E-state index in [4.69, 9.17) is 4.74 Å². The van der Waals surface area contributed by atoms with Gasteiger partial charge in [0.15, 0.2) is 0 Å². The Morgan fingerprint density at radius 2 is 1.51 bits per heavy atom. The molecule has 1 saturated heterocycles. The van der Waals surface area contributed by atoms with Crippen molar-refractivity contribution in [3.63, 3.8) is 0 Å². The van der Waals surface area contributed by atoms with Crippen LogP contribution in [0.1, 0.15) is 83.5 Å². The highest BCUT2D eigenvalue weighted by atomic mass is 16.5. The van der Waals surface area contributed by atoms with E-state index in [2.05, 4.69) is 31.5 Å². The first-order chi connectivity index (χ1) is 21.5. The van der Waals surface area contributed by atoms with Crippen LogP contribution in [0.2, 0.25) is 0 Å². The van der Waals surface area contributed by atoms with Crippen molar-refractivity contribution in [3.8, 4) is 5.75 Å². The predicted octanol–water partition coefficient (Wildman–Crippen LogP) is 1.74. The molecule has 12 heteroatoms. The standard InChI is InChI=1S/C33H52N6O6/c1-21(2)28-33(44)38-29(22(3)4)32(43)35-23(5)20-45-26-14-9-8-13-24(26)30(41)36-25(19-27(40)37-28)31(42)34-15-12-18-39-16-10-6-7-11-17-39/h8-9,13-14,21-23,25,28-29H,6-7,10-12,15-20H2,1-5H3,(H,34,42)(H,35,43)(H,36,41)(H,37,40)(H,38,44)/t23-,25-,28-,29+/m0/s1. The first-order valence-corrected chi connectivity index (χ1v) is 16.4. The lowest BCUT2D eigenvalue weighted by Gasteiger charge is -2.28. The predicted molar refractivity (Wildman–Crippen MR) is 171 cm³/mol. The highest BCUT2D eigenvalue weighted by Gasteiger charge is 2.33. The molecule has 250 valence electrons. The molecule has 0 aromatic heterocycles. The van der Waals surface area contributed by atoms with E-state index in [1.165, 1.54) is 25.7 Å². The summed E-state index contributed by atoms with van der Waals surface area (Å²) in [7, 11) is 0. The smallest absolute Gasteiger partial charge is 0.255 e. The van der Waals surface area contributed by atoms with Gasteiger partial charge < -0.3 is 36.2 Å². The maximum atomic E-state index is 13.5. The summed E-state index contributed by atoms with van der Waals surface area (Å²) in [6.07, 6.45) is 5.22. The number of hydrogen-bond donors (Lipinski definition) is 5. The topological polar surface area (TPSA) is 158 Å². The minimum absolute atomic E-state index is 0.0599. The molecule has 0 radical (unpaired) electrons. The van der Waals surface area contributed by atoms with Crippen LogP contribution in [-0.2, 0) is 19.2 Å². The van der Waals surface area contributed by atoms with Gasteiger partial charge in [-0.15, -0.1) is 0 Å². The highest BCUT2D eigenvalue weighted by molar-refractivity contribution is 6.01. The number of para-hydroxylation sites is 1. The molecule has 0 bridgehead atoms. The van der Waals surface area contributed by atoms with Crippen LogP contribution < -0.4 is 31.3 Å². The molecule has 3 rings (SSSR count). The average Bonchev–Trinajstić information content (AvgIpc) is 3.27. The molecule has 0 aliphatic carbocycles. The van der Waals surface area contributed by atoms with Crippen molar-refractivity contribution in [1.29, 1.82) is 0 Å². The molecule has 2 aliphatic heterocycles. The van der Waals surface area contributed by atoms with Crippen LogP contribution in [0.25, 0.3) is 0 Å². The number of benzene rings is 1. The van der Waals surface area contributed by atoms with Crippen LogP contribution in [0.4, 0.5) is 0 Å². The molecule has 2 heterocycles. The van der Waals surface area contributed by atoms with Gasteiger partial charge in [0.2, 0.25) is 23.6 Å². The summed E-state index contributed by atoms with van der Waals surface area (Å²) in [6.45, 7) is 12.4. The maximum absolute atomic E-state index is 13.5. The molecule has 2 aliphatic rings. The summed E-state index contributed by atoms with van der Waals surface area (Å²) < 4.78 is 5.92. The van der Waals surface area contributed by atoms with Gasteiger partial charge in [-0.3, -0.25) is 24.0 Å². The van der Waals surface area contributed by atoms with E-state index in [-0.39, 0.29) is 42.1 Å². The maximum Gasteiger partial charge on any atom is 0.255 e. The molecule has 0 unspecified atom stereocenters. The summed E-state index contributed by atoms with van der Waals surface area (Å²) >= 11 is 0. The first-order valence-electron chi connectivity index (χ1n) is 16.4. The molecule has 4 atom stereocenters. The van der Waals surface area contributed by atoms with E-state index in [0.717, 1.165) is 26.1 Å². The third-order valence-corrected chi connectivity index (χ3v) is 8.18. The Morgan fingerprint density at radius 3 is 2.18 bits per heavy atom. The summed E-state index contributed by atoms with van der Waals surface area (Å²) in [5.41, 5.74) is 0.191. The molecule has 1 aromatic carbocycles. The summed E-state index contributed by atoms with van der Waals surface area (Å²) in [6, 6.07) is 3.15. The number of ether oxygens (including phenoxy) is 1. The number of nitrogens with zero attached hydrogens (tertiary/aromatic N) is 1. The number of nitrogens with one attached hydrogen (secondary N) is 5. The van der Waals surface area contributed by atoms with Crippen LogP contribution in [0, 0.1) is 11.8 Å². The molecule has 45 heavy (non-hydrogen) atoms. The molecule has 5 N–H and O–H groups in total. The largest absolute Gasteiger partial charge is 0.491 e. The van der Waals surface area contributed by atoms with E-state index in [1.54, 1.807) is 45.0 Å². The quantitative estimate of drug-likeness (QED) is 0.288. The Balaban J connectivity index is 1.82. The summed E-state index contributed by atoms with van der Waals surface area (Å²) in [5, 5.41) is 14.0. The SMILES string of the molecule is CC(C)[C@@H]1NC(=O)C[C@@H](C(=O)NCCCN2CCCCCC2)NC(=O)c2ccccc2OC[C@H](C)NC(=O)[C@@H](C(C)C)NC1=O. The van der Waals surface area contributed by atoms with E-state index in [0.29, 0.717) is 6.54 Å². The second-order valence-electron chi connectivity index (χ2n) is 12.9. The van der Waals surface area contributed by atoms with Gasteiger partial charge in [0.1, 0.15) is 30.5 Å². The van der Waals surface area contributed by atoms with E-state index in [1.807, 2.05) is 13.8 Å². The number of hydrogen-bond acceptors (Lipinski definition) is 7. The Morgan fingerprint density at radius 1 is 0.889 bits per heavy atom. The average molecular weight is 629 g/mol. The van der Waals surface area contributed by atoms with Gasteiger partial charge in [-0.25, -0.2) is 0 Å². The van der Waals surface area contributed by atoms with Gasteiger partial charge >= 0.3 is 0 Å². The van der Waals surface area contributed by atoms with Gasteiger partial charge in [-0.1, -0.05) is 52.7 Å². The van der Waals surface area contributed by atoms with Crippen LogP contribution >= 0.6 is 0 Å². The van der Waals surface area contributed by atoms with E-state index in [9.17, 15) is 24.0 Å². The molecule has 12 nitrogen and oxygen atoms in total. The van der Waals surface area contributed by atoms with Crippen LogP contribution in [0.5, 0.6) is 5.75 Å². The molecule has 0 spiro atoms. The van der Waals surface area contributed by atoms with E-state index >= 15 is 0 Å². The number of fused-ring (bicyclic) bond motifs is 1. The number of carbonyl (C=O) groups is 5. The zero-order chi connectivity index (χ0) is 32.9. The molecule has 5 amide bonds. The van der Waals surface area contributed by atoms with Gasteiger partial charge in [-0.05, 0) is 69.8 Å². The number of likely N-dealkylation sites (tertiary alicyclic amines) is 1. The minimum atomic E-state index is -1.19. The zero-order valence-corrected chi connectivity index (χ0v) is 27.4. The normalized spacial score (nSPS) is 24.7. The number of carbonyl (C=O) groups excluding carboxylic acids is 5. The van der Waals surface area contributed by atoms with Crippen LogP contribution in [0.3, 0.4) is 0 Å². The lowest BCUT2D eigenvalue weighted by atomic mass is 9.99. The fourth-order valence-corrected chi connectivity index (χ4v) is 5.54. The fourth-order valence-electron chi connectivity index (χ4n) is 5.54. The van der Waals surface area contributed by atoms with Crippen LogP contribution in [0.15, 0.2) is 24.3 Å². The van der Waals surface area contributed by atoms with Gasteiger partial charge in [0.05, 0.1) is 18.0 Å². The Hall–Kier alpha value is -3.67. The first kappa shape index (κ1) is 35.8.